The minimum absolute atomic E-state index is 0.0712. The van der Waals surface area contributed by atoms with Crippen LogP contribution in [0.3, 0.4) is 0 Å². The van der Waals surface area contributed by atoms with Gasteiger partial charge in [-0.1, -0.05) is 39.0 Å². The van der Waals surface area contributed by atoms with Gasteiger partial charge in [-0.3, -0.25) is 14.3 Å². The first-order chi connectivity index (χ1) is 19.4. The molecule has 1 N–H and O–H groups in total. The average molecular weight is 624 g/mol. The summed E-state index contributed by atoms with van der Waals surface area (Å²) in [5.41, 5.74) is -0.591. The smallest absolute Gasteiger partial charge is 0.299 e. The van der Waals surface area contributed by atoms with E-state index in [2.05, 4.69) is 23.1 Å². The fourth-order valence-corrected chi connectivity index (χ4v) is 6.84. The van der Waals surface area contributed by atoms with Gasteiger partial charge in [0, 0.05) is 25.1 Å². The van der Waals surface area contributed by atoms with E-state index in [4.69, 9.17) is 16.3 Å². The molecule has 1 aliphatic heterocycles. The molecule has 2 atom stereocenters. The number of sulfone groups is 1. The van der Waals surface area contributed by atoms with Gasteiger partial charge in [0.25, 0.3) is 11.8 Å². The molecule has 10 nitrogen and oxygen atoms in total. The van der Waals surface area contributed by atoms with E-state index in [0.29, 0.717) is 24.6 Å². The molecule has 2 amide bonds. The summed E-state index contributed by atoms with van der Waals surface area (Å²) in [4.78, 5) is 28.1. The Kier molecular flexibility index (Phi) is 8.21. The summed E-state index contributed by atoms with van der Waals surface area (Å²) in [5.74, 6) is -4.58. The van der Waals surface area contributed by atoms with Crippen LogP contribution >= 0.6 is 11.6 Å². The topological polar surface area (TPSA) is 134 Å². The van der Waals surface area contributed by atoms with Crippen LogP contribution in [0, 0.1) is 11.3 Å². The Labute approximate surface area is 248 Å². The van der Waals surface area contributed by atoms with Gasteiger partial charge in [-0.05, 0) is 43.5 Å². The number of nitrogens with zero attached hydrogens (tertiary/aromatic N) is 4. The highest BCUT2D eigenvalue weighted by Gasteiger charge is 2.51. The number of aryl methyl sites for hydroxylation is 1. The monoisotopic (exact) mass is 623 g/mol. The van der Waals surface area contributed by atoms with E-state index in [9.17, 15) is 32.0 Å². The molecule has 1 saturated carbocycles. The second-order valence-electron chi connectivity index (χ2n) is 11.7. The Morgan fingerprint density at radius 3 is 2.50 bits per heavy atom. The molecular formula is C28H32ClF2N5O5S. The standard InChI is InChI=1S/C28H32ClF2N5O5S/c1-6-28(30,31)16-41-17-7-8-22(19(29)11-17)42(39,40)18-12-20(24(37)33-27(15-32)9-10-27)36(14-18)25(38)21-13-23(26(2,3)4)34-35(21)5/h6-8,11,13,18,20H,1,9-10,12,14,16H2,2-5H3,(H,33,37)/t18-,20+/m1/s1. The highest BCUT2D eigenvalue weighted by molar-refractivity contribution is 7.92. The molecule has 2 aromatic rings. The van der Waals surface area contributed by atoms with Crippen molar-refractivity contribution in [1.82, 2.24) is 20.0 Å². The lowest BCUT2D eigenvalue weighted by molar-refractivity contribution is -0.125. The van der Waals surface area contributed by atoms with E-state index in [1.165, 1.54) is 15.6 Å². The van der Waals surface area contributed by atoms with E-state index < -0.39 is 51.0 Å². The van der Waals surface area contributed by atoms with Gasteiger partial charge in [-0.2, -0.15) is 19.1 Å². The molecule has 0 spiro atoms. The van der Waals surface area contributed by atoms with Crippen LogP contribution < -0.4 is 10.1 Å². The number of alkyl halides is 2. The zero-order chi connectivity index (χ0) is 31.3. The maximum atomic E-state index is 13.8. The van der Waals surface area contributed by atoms with Gasteiger partial charge in [-0.25, -0.2) is 8.42 Å². The van der Waals surface area contributed by atoms with Crippen LogP contribution in [0.2, 0.25) is 5.02 Å². The number of likely N-dealkylation sites (tertiary alicyclic amines) is 1. The number of hydrogen-bond donors (Lipinski definition) is 1. The van der Waals surface area contributed by atoms with Crippen LogP contribution in [0.4, 0.5) is 8.78 Å². The number of rotatable bonds is 9. The molecule has 14 heteroatoms. The van der Waals surface area contributed by atoms with E-state index in [1.807, 2.05) is 20.8 Å². The van der Waals surface area contributed by atoms with Crippen molar-refractivity contribution >= 4 is 33.3 Å². The van der Waals surface area contributed by atoms with E-state index in [1.54, 1.807) is 13.1 Å². The molecule has 42 heavy (non-hydrogen) atoms. The van der Waals surface area contributed by atoms with E-state index >= 15 is 0 Å². The minimum Gasteiger partial charge on any atom is -0.487 e. The van der Waals surface area contributed by atoms with Crippen LogP contribution in [-0.4, -0.2) is 70.8 Å². The summed E-state index contributed by atoms with van der Waals surface area (Å²) in [6.07, 6.45) is 1.10. The molecule has 2 fully saturated rings. The molecule has 0 radical (unpaired) electrons. The minimum atomic E-state index is -4.22. The number of amides is 2. The second kappa shape index (κ2) is 11.0. The van der Waals surface area contributed by atoms with Crippen molar-refractivity contribution in [3.8, 4) is 11.8 Å². The summed E-state index contributed by atoms with van der Waals surface area (Å²) in [6.45, 7) is 7.50. The Hall–Kier alpha value is -3.50. The highest BCUT2D eigenvalue weighted by atomic mass is 35.5. The third-order valence-corrected chi connectivity index (χ3v) is 10.0. The van der Waals surface area contributed by atoms with Gasteiger partial charge in [0.1, 0.15) is 23.0 Å². The van der Waals surface area contributed by atoms with Crippen LogP contribution in [0.25, 0.3) is 0 Å². The number of aromatic nitrogens is 2. The molecule has 1 aromatic heterocycles. The highest BCUT2D eigenvalue weighted by Crippen LogP contribution is 2.37. The first kappa shape index (κ1) is 31.4. The number of halogens is 3. The molecule has 0 bridgehead atoms. The fourth-order valence-electron chi connectivity index (χ4n) is 4.61. The lowest BCUT2D eigenvalue weighted by atomic mass is 9.92. The van der Waals surface area contributed by atoms with Crippen LogP contribution in [0.15, 0.2) is 41.8 Å². The Morgan fingerprint density at radius 1 is 1.31 bits per heavy atom. The Bertz CT molecular complexity index is 1570. The fraction of sp³-hybridized carbons (Fsp3) is 0.500. The summed E-state index contributed by atoms with van der Waals surface area (Å²) in [6, 6.07) is 5.96. The molecule has 4 rings (SSSR count). The summed E-state index contributed by atoms with van der Waals surface area (Å²) in [5, 5.41) is 15.1. The van der Waals surface area contributed by atoms with Gasteiger partial charge < -0.3 is 15.0 Å². The Balaban J connectivity index is 1.64. The molecule has 1 saturated heterocycles. The van der Waals surface area contributed by atoms with Crippen molar-refractivity contribution in [3.63, 3.8) is 0 Å². The maximum Gasteiger partial charge on any atom is 0.299 e. The summed E-state index contributed by atoms with van der Waals surface area (Å²) >= 11 is 6.28. The number of benzene rings is 1. The van der Waals surface area contributed by atoms with Crippen molar-refractivity contribution in [2.45, 2.75) is 73.1 Å². The second-order valence-corrected chi connectivity index (χ2v) is 14.3. The summed E-state index contributed by atoms with van der Waals surface area (Å²) < 4.78 is 60.9. The van der Waals surface area contributed by atoms with Gasteiger partial charge in [0.15, 0.2) is 16.4 Å². The predicted molar refractivity (Wildman–Crippen MR) is 150 cm³/mol. The number of carbonyl (C=O) groups excluding carboxylic acids is 2. The lowest BCUT2D eigenvalue weighted by Crippen LogP contribution is -2.49. The molecular weight excluding hydrogens is 592 g/mol. The number of carbonyl (C=O) groups is 2. The van der Waals surface area contributed by atoms with Gasteiger partial charge in [0.05, 0.1) is 26.9 Å². The van der Waals surface area contributed by atoms with Crippen LogP contribution in [0.5, 0.6) is 5.75 Å². The van der Waals surface area contributed by atoms with Crippen LogP contribution in [-0.2, 0) is 27.1 Å². The average Bonchev–Trinajstić information content (AvgIpc) is 3.33. The molecule has 226 valence electrons. The van der Waals surface area contributed by atoms with Crippen LogP contribution in [0.1, 0.15) is 56.2 Å². The predicted octanol–water partition coefficient (Wildman–Crippen LogP) is 3.80. The van der Waals surface area contributed by atoms with E-state index in [-0.39, 0.29) is 39.7 Å². The third-order valence-electron chi connectivity index (χ3n) is 7.40. The molecule has 1 aliphatic carbocycles. The first-order valence-electron chi connectivity index (χ1n) is 13.2. The van der Waals surface area contributed by atoms with Gasteiger partial charge >= 0.3 is 0 Å². The zero-order valence-corrected chi connectivity index (χ0v) is 25.2. The van der Waals surface area contributed by atoms with Gasteiger partial charge in [-0.15, -0.1) is 0 Å². The normalized spacial score (nSPS) is 20.1. The van der Waals surface area contributed by atoms with Crippen molar-refractivity contribution < 1.29 is 31.5 Å². The largest absolute Gasteiger partial charge is 0.487 e. The third kappa shape index (κ3) is 6.29. The quantitative estimate of drug-likeness (QED) is 0.420. The zero-order valence-electron chi connectivity index (χ0n) is 23.7. The number of ether oxygens (including phenoxy) is 1. The maximum absolute atomic E-state index is 13.8. The number of nitrogens with one attached hydrogen (secondary N) is 1. The lowest BCUT2D eigenvalue weighted by Gasteiger charge is -2.24. The van der Waals surface area contributed by atoms with Crippen molar-refractivity contribution in [3.05, 3.63) is 53.3 Å². The summed E-state index contributed by atoms with van der Waals surface area (Å²) in [7, 11) is -2.64. The molecule has 0 unspecified atom stereocenters. The Morgan fingerprint density at radius 2 is 1.98 bits per heavy atom. The van der Waals surface area contributed by atoms with Gasteiger partial charge in [0.2, 0.25) is 5.91 Å². The molecule has 2 heterocycles. The first-order valence-corrected chi connectivity index (χ1v) is 15.1. The van der Waals surface area contributed by atoms with E-state index in [0.717, 1.165) is 12.1 Å². The number of hydrogen-bond acceptors (Lipinski definition) is 7. The van der Waals surface area contributed by atoms with Crippen molar-refractivity contribution in [2.75, 3.05) is 13.2 Å². The SMILES string of the molecule is C=CC(F)(F)COc1ccc(S(=O)(=O)[C@@H]2C[C@@H](C(=O)NC3(C#N)CC3)N(C(=O)c3cc(C(C)(C)C)nn3C)C2)c(Cl)c1. The van der Waals surface area contributed by atoms with Crippen molar-refractivity contribution in [2.24, 2.45) is 7.05 Å². The number of nitriles is 1. The van der Waals surface area contributed by atoms with Crippen molar-refractivity contribution in [1.29, 1.82) is 5.26 Å². The molecule has 1 aromatic carbocycles. The molecule has 2 aliphatic rings.